The fraction of sp³-hybridized carbons (Fsp3) is 0.600. The van der Waals surface area contributed by atoms with Gasteiger partial charge in [-0.05, 0) is 68.6 Å². The van der Waals surface area contributed by atoms with Crippen LogP contribution >= 0.6 is 0 Å². The van der Waals surface area contributed by atoms with E-state index >= 15 is 0 Å². The first-order chi connectivity index (χ1) is 7.68. The maximum absolute atomic E-state index is 6.12. The lowest BCUT2D eigenvalue weighted by atomic mass is 9.96. The van der Waals surface area contributed by atoms with Crippen LogP contribution in [0.2, 0.25) is 0 Å². The first kappa shape index (κ1) is 11.7. The van der Waals surface area contributed by atoms with E-state index in [9.17, 15) is 0 Å². The molecule has 0 amide bonds. The van der Waals surface area contributed by atoms with Gasteiger partial charge in [-0.3, -0.25) is 0 Å². The Morgan fingerprint density at radius 2 is 1.88 bits per heavy atom. The molecular formula is C15H23N. The van der Waals surface area contributed by atoms with E-state index in [1.165, 1.54) is 48.8 Å². The summed E-state index contributed by atoms with van der Waals surface area (Å²) in [6, 6.07) is 7.03. The van der Waals surface area contributed by atoms with Crippen molar-refractivity contribution in [2.45, 2.75) is 52.0 Å². The zero-order valence-corrected chi connectivity index (χ0v) is 10.5. The summed E-state index contributed by atoms with van der Waals surface area (Å²) < 4.78 is 0. The van der Waals surface area contributed by atoms with Crippen molar-refractivity contribution < 1.29 is 0 Å². The molecule has 0 radical (unpaired) electrons. The van der Waals surface area contributed by atoms with E-state index in [0.29, 0.717) is 6.04 Å². The summed E-state index contributed by atoms with van der Waals surface area (Å²) in [5.74, 6) is 0.845. The van der Waals surface area contributed by atoms with Gasteiger partial charge < -0.3 is 5.73 Å². The highest BCUT2D eigenvalue weighted by Crippen LogP contribution is 2.33. The predicted octanol–water partition coefficient (Wildman–Crippen LogP) is 3.36. The molecule has 0 aromatic heterocycles. The predicted molar refractivity (Wildman–Crippen MR) is 69.6 cm³/mol. The van der Waals surface area contributed by atoms with Crippen molar-refractivity contribution in [3.63, 3.8) is 0 Å². The molecule has 0 saturated heterocycles. The molecule has 0 aliphatic heterocycles. The van der Waals surface area contributed by atoms with Crippen molar-refractivity contribution in [2.24, 2.45) is 11.7 Å². The Hall–Kier alpha value is -0.820. The van der Waals surface area contributed by atoms with Crippen LogP contribution in [0.1, 0.15) is 42.4 Å². The fourth-order valence-corrected chi connectivity index (χ4v) is 2.52. The Bertz CT molecular complexity index is 332. The lowest BCUT2D eigenvalue weighted by Crippen LogP contribution is -2.22. The molecule has 1 aliphatic rings. The van der Waals surface area contributed by atoms with Crippen LogP contribution in [0.3, 0.4) is 0 Å². The van der Waals surface area contributed by atoms with Crippen LogP contribution in [0.25, 0.3) is 0 Å². The zero-order valence-electron chi connectivity index (χ0n) is 10.5. The molecular weight excluding hydrogens is 194 g/mol. The summed E-state index contributed by atoms with van der Waals surface area (Å²) in [7, 11) is 0. The molecule has 1 aromatic rings. The van der Waals surface area contributed by atoms with Gasteiger partial charge in [0.15, 0.2) is 0 Å². The number of hydrogen-bond donors (Lipinski definition) is 1. The topological polar surface area (TPSA) is 26.0 Å². The molecule has 1 heteroatoms. The summed E-state index contributed by atoms with van der Waals surface area (Å²) in [5.41, 5.74) is 10.5. The van der Waals surface area contributed by atoms with Crippen LogP contribution in [-0.4, -0.2) is 6.04 Å². The number of benzene rings is 1. The lowest BCUT2D eigenvalue weighted by Gasteiger charge is -2.12. The molecule has 1 aliphatic carbocycles. The van der Waals surface area contributed by atoms with E-state index in [0.717, 1.165) is 5.92 Å². The van der Waals surface area contributed by atoms with E-state index < -0.39 is 0 Å². The minimum Gasteiger partial charge on any atom is -0.327 e. The van der Waals surface area contributed by atoms with Crippen molar-refractivity contribution in [3.05, 3.63) is 34.9 Å². The van der Waals surface area contributed by atoms with Crippen LogP contribution < -0.4 is 5.73 Å². The molecule has 88 valence electrons. The van der Waals surface area contributed by atoms with Gasteiger partial charge in [0.25, 0.3) is 0 Å². The fourth-order valence-electron chi connectivity index (χ4n) is 2.52. The third kappa shape index (κ3) is 2.85. The highest BCUT2D eigenvalue weighted by Gasteiger charge is 2.27. The van der Waals surface area contributed by atoms with E-state index in [4.69, 9.17) is 5.73 Å². The highest BCUT2D eigenvalue weighted by atomic mass is 14.7. The number of nitrogens with two attached hydrogens (primary N) is 1. The van der Waals surface area contributed by atoms with Crippen molar-refractivity contribution in [1.82, 2.24) is 0 Å². The smallest absolute Gasteiger partial charge is 0.00672 e. The third-order valence-electron chi connectivity index (χ3n) is 3.84. The molecule has 2 rings (SSSR count). The SMILES string of the molecule is Cc1cccc(C)c1CCCC(N)C1CC1. The summed E-state index contributed by atoms with van der Waals surface area (Å²) in [6.45, 7) is 4.42. The average molecular weight is 217 g/mol. The molecule has 1 saturated carbocycles. The first-order valence-corrected chi connectivity index (χ1v) is 6.49. The van der Waals surface area contributed by atoms with Crippen LogP contribution in [0.5, 0.6) is 0 Å². The largest absolute Gasteiger partial charge is 0.327 e. The minimum absolute atomic E-state index is 0.462. The molecule has 0 bridgehead atoms. The zero-order chi connectivity index (χ0) is 11.5. The molecule has 1 unspecified atom stereocenters. The summed E-state index contributed by atoms with van der Waals surface area (Å²) in [4.78, 5) is 0. The van der Waals surface area contributed by atoms with Gasteiger partial charge in [0, 0.05) is 6.04 Å². The molecule has 16 heavy (non-hydrogen) atoms. The second-order valence-electron chi connectivity index (χ2n) is 5.26. The molecule has 1 nitrogen and oxygen atoms in total. The van der Waals surface area contributed by atoms with Crippen LogP contribution in [-0.2, 0) is 6.42 Å². The number of aryl methyl sites for hydroxylation is 2. The van der Waals surface area contributed by atoms with Gasteiger partial charge in [-0.1, -0.05) is 18.2 Å². The molecule has 0 spiro atoms. The second-order valence-corrected chi connectivity index (χ2v) is 5.26. The van der Waals surface area contributed by atoms with Crippen molar-refractivity contribution in [3.8, 4) is 0 Å². The quantitative estimate of drug-likeness (QED) is 0.804. The van der Waals surface area contributed by atoms with E-state index in [1.807, 2.05) is 0 Å². The van der Waals surface area contributed by atoms with Gasteiger partial charge in [0.05, 0.1) is 0 Å². The van der Waals surface area contributed by atoms with Gasteiger partial charge >= 0.3 is 0 Å². The van der Waals surface area contributed by atoms with Crippen molar-refractivity contribution >= 4 is 0 Å². The number of hydrogen-bond acceptors (Lipinski definition) is 1. The second kappa shape index (κ2) is 5.01. The van der Waals surface area contributed by atoms with Crippen LogP contribution in [0, 0.1) is 19.8 Å². The van der Waals surface area contributed by atoms with Gasteiger partial charge in [-0.2, -0.15) is 0 Å². The van der Waals surface area contributed by atoms with Crippen molar-refractivity contribution in [1.29, 1.82) is 0 Å². The Morgan fingerprint density at radius 1 is 1.25 bits per heavy atom. The highest BCUT2D eigenvalue weighted by molar-refractivity contribution is 5.33. The van der Waals surface area contributed by atoms with Gasteiger partial charge in [0.2, 0.25) is 0 Å². The maximum atomic E-state index is 6.12. The molecule has 0 heterocycles. The van der Waals surface area contributed by atoms with Gasteiger partial charge in [0.1, 0.15) is 0 Å². The Balaban J connectivity index is 1.84. The first-order valence-electron chi connectivity index (χ1n) is 6.49. The van der Waals surface area contributed by atoms with Crippen LogP contribution in [0.4, 0.5) is 0 Å². The minimum atomic E-state index is 0.462. The van der Waals surface area contributed by atoms with E-state index in [-0.39, 0.29) is 0 Å². The molecule has 2 N–H and O–H groups in total. The summed E-state index contributed by atoms with van der Waals surface area (Å²) in [6.07, 6.45) is 6.36. The van der Waals surface area contributed by atoms with Gasteiger partial charge in [-0.15, -0.1) is 0 Å². The van der Waals surface area contributed by atoms with E-state index in [1.54, 1.807) is 0 Å². The average Bonchev–Trinajstić information content (AvgIpc) is 3.05. The maximum Gasteiger partial charge on any atom is 0.00672 e. The third-order valence-corrected chi connectivity index (χ3v) is 3.84. The molecule has 1 atom stereocenters. The van der Waals surface area contributed by atoms with Gasteiger partial charge in [-0.25, -0.2) is 0 Å². The Morgan fingerprint density at radius 3 is 2.44 bits per heavy atom. The summed E-state index contributed by atoms with van der Waals surface area (Å²) in [5, 5.41) is 0. The van der Waals surface area contributed by atoms with Crippen LogP contribution in [0.15, 0.2) is 18.2 Å². The summed E-state index contributed by atoms with van der Waals surface area (Å²) >= 11 is 0. The molecule has 1 aromatic carbocycles. The van der Waals surface area contributed by atoms with Crippen molar-refractivity contribution in [2.75, 3.05) is 0 Å². The number of rotatable bonds is 5. The Labute approximate surface area is 99.0 Å². The standard InChI is InChI=1S/C15H23N/c1-11-5-3-6-12(2)14(11)7-4-8-15(16)13-9-10-13/h3,5-6,13,15H,4,7-10,16H2,1-2H3. The normalized spacial score (nSPS) is 17.4. The molecule has 1 fully saturated rings. The monoisotopic (exact) mass is 217 g/mol. The lowest BCUT2D eigenvalue weighted by molar-refractivity contribution is 0.528. The Kier molecular flexibility index (Phi) is 3.65. The van der Waals surface area contributed by atoms with E-state index in [2.05, 4.69) is 32.0 Å².